The normalized spacial score (nSPS) is 5.36. The zero-order chi connectivity index (χ0) is 4.50. The van der Waals surface area contributed by atoms with Crippen molar-refractivity contribution in [3.8, 4) is 0 Å². The van der Waals surface area contributed by atoms with Crippen molar-refractivity contribution in [3.63, 3.8) is 0 Å². The third kappa shape index (κ3) is 1050. The van der Waals surface area contributed by atoms with E-state index < -0.39 is 7.82 Å². The van der Waals surface area contributed by atoms with Gasteiger partial charge in [0.2, 0.25) is 0 Å². The molecule has 11 heavy (non-hydrogen) atoms. The fraction of sp³-hybridized carbons (Fsp3) is 0. The molecule has 0 bridgehead atoms. The van der Waals surface area contributed by atoms with E-state index in [-0.39, 0.29) is 57.6 Å². The van der Waals surface area contributed by atoms with Crippen LogP contribution in [0.5, 0.6) is 0 Å². The maximum absolute atomic E-state index is 8.88. The van der Waals surface area contributed by atoms with E-state index in [1.165, 1.54) is 0 Å². The Labute approximate surface area is 84.8 Å². The fourth-order valence-electron chi connectivity index (χ4n) is 0. The summed E-state index contributed by atoms with van der Waals surface area (Å²) < 4.78 is 8.88. The van der Waals surface area contributed by atoms with E-state index in [0.29, 0.717) is 0 Å². The van der Waals surface area contributed by atoms with E-state index in [0.717, 1.165) is 0 Å². The second kappa shape index (κ2) is 22.4. The minimum atomic E-state index is -4.64. The fourth-order valence-corrected chi connectivity index (χ4v) is 0. The van der Waals surface area contributed by atoms with Crippen molar-refractivity contribution >= 4 is 37.4 Å². The van der Waals surface area contributed by atoms with Gasteiger partial charge in [-0.15, -0.1) is 0 Å². The van der Waals surface area contributed by atoms with Crippen molar-refractivity contribution in [3.05, 3.63) is 0 Å². The number of phosphoric acid groups is 1. The Hall–Kier alpha value is 0.910. The quantitative estimate of drug-likeness (QED) is 0.227. The molecule has 0 aromatic carbocycles. The minimum absolute atomic E-state index is 0. The van der Waals surface area contributed by atoms with Gasteiger partial charge < -0.3 is 42.7 Å². The van der Waals surface area contributed by atoms with Crippen molar-refractivity contribution in [1.29, 1.82) is 0 Å². The van der Waals surface area contributed by atoms with Gasteiger partial charge in [-0.25, -0.2) is 4.57 Å². The van der Waals surface area contributed by atoms with Crippen LogP contribution in [0.25, 0.3) is 0 Å². The molecule has 0 heterocycles. The van der Waals surface area contributed by atoms with Gasteiger partial charge >= 0.3 is 7.82 Å². The summed E-state index contributed by atoms with van der Waals surface area (Å²) in [4.78, 5) is 21.6. The average molecular weight is 210 g/mol. The Morgan fingerprint density at radius 2 is 0.818 bits per heavy atom. The Morgan fingerprint density at radius 1 is 0.818 bits per heavy atom. The molecule has 0 saturated carbocycles. The van der Waals surface area contributed by atoms with E-state index in [9.17, 15) is 0 Å². The van der Waals surface area contributed by atoms with Crippen LogP contribution in [0.3, 0.4) is 0 Å². The summed E-state index contributed by atoms with van der Waals surface area (Å²) in [7, 11) is -4.64. The van der Waals surface area contributed by atoms with Gasteiger partial charge in [0, 0.05) is 29.6 Å². The summed E-state index contributed by atoms with van der Waals surface area (Å²) in [5.41, 5.74) is 0. The van der Waals surface area contributed by atoms with Crippen LogP contribution in [0, 0.1) is 0 Å². The van der Waals surface area contributed by atoms with E-state index in [2.05, 4.69) is 0 Å². The average Bonchev–Trinajstić information content (AvgIpc) is 0.722. The molecule has 0 atom stereocenters. The predicted octanol–water partition coefficient (Wildman–Crippen LogP) is -4.45. The van der Waals surface area contributed by atoms with E-state index >= 15 is 0 Å². The summed E-state index contributed by atoms with van der Waals surface area (Å²) in [6.45, 7) is 0. The van der Waals surface area contributed by atoms with Gasteiger partial charge in [-0.1, -0.05) is 0 Å². The molecule has 0 saturated heterocycles. The van der Waals surface area contributed by atoms with Gasteiger partial charge in [0.05, 0.1) is 0 Å². The SMILES string of the molecule is N.O.O.O.O.O=P(O)(O)O.[Na]. The van der Waals surface area contributed by atoms with E-state index in [4.69, 9.17) is 19.2 Å². The van der Waals surface area contributed by atoms with Crippen LogP contribution in [0.4, 0.5) is 0 Å². The van der Waals surface area contributed by atoms with Crippen molar-refractivity contribution in [1.82, 2.24) is 6.15 Å². The predicted molar refractivity (Wildman–Crippen MR) is 39.5 cm³/mol. The Balaban J connectivity index is -0.00000000533. The first kappa shape index (κ1) is 58.8. The summed E-state index contributed by atoms with van der Waals surface area (Å²) in [6, 6.07) is 0. The molecule has 0 rings (SSSR count). The van der Waals surface area contributed by atoms with Gasteiger partial charge in [0.25, 0.3) is 0 Å². The molecule has 0 fully saturated rings. The van der Waals surface area contributed by atoms with E-state index in [1.807, 2.05) is 0 Å². The molecular weight excluding hydrogens is 196 g/mol. The molecule has 0 unspecified atom stereocenters. The number of rotatable bonds is 0. The Kier molecular flexibility index (Phi) is 120. The zero-order valence-corrected chi connectivity index (χ0v) is 8.80. The van der Waals surface area contributed by atoms with Crippen LogP contribution in [-0.4, -0.2) is 66.1 Å². The molecule has 11 heteroatoms. The molecule has 0 aromatic rings. The summed E-state index contributed by atoms with van der Waals surface area (Å²) in [5, 5.41) is 0. The number of hydrogen-bond donors (Lipinski definition) is 4. The zero-order valence-electron chi connectivity index (χ0n) is 5.90. The van der Waals surface area contributed by atoms with Crippen molar-refractivity contribution < 1.29 is 41.2 Å². The smallest absolute Gasteiger partial charge is 0.412 e. The third-order valence-corrected chi connectivity index (χ3v) is 0. The monoisotopic (exact) mass is 210 g/mol. The molecule has 73 valence electrons. The maximum atomic E-state index is 8.88. The standard InChI is InChI=1S/H3N.Na.H3O4P.4H2O/c;;1-5(2,3)4;;;;/h1H3;;(H3,1,2,3,4);4*1H2. The van der Waals surface area contributed by atoms with Crippen LogP contribution in [-0.2, 0) is 4.57 Å². The molecule has 0 amide bonds. The van der Waals surface area contributed by atoms with Crippen molar-refractivity contribution in [2.75, 3.05) is 0 Å². The summed E-state index contributed by atoms with van der Waals surface area (Å²) >= 11 is 0. The second-order valence-electron chi connectivity index (χ2n) is 0.513. The largest absolute Gasteiger partial charge is 0.466 e. The van der Waals surface area contributed by atoms with E-state index in [1.54, 1.807) is 0 Å². The van der Waals surface area contributed by atoms with Crippen LogP contribution in [0.15, 0.2) is 0 Å². The first-order valence-electron chi connectivity index (χ1n) is 0.783. The topological polar surface area (TPSA) is 239 Å². The molecule has 0 spiro atoms. The van der Waals surface area contributed by atoms with Crippen molar-refractivity contribution in [2.45, 2.75) is 0 Å². The van der Waals surface area contributed by atoms with Crippen LogP contribution < -0.4 is 6.15 Å². The first-order valence-corrected chi connectivity index (χ1v) is 2.35. The van der Waals surface area contributed by atoms with Crippen LogP contribution >= 0.6 is 7.82 Å². The van der Waals surface area contributed by atoms with Crippen LogP contribution in [0.2, 0.25) is 0 Å². The molecule has 0 aromatic heterocycles. The first-order chi connectivity index (χ1) is 2.00. The molecule has 0 aliphatic carbocycles. The van der Waals surface area contributed by atoms with Gasteiger partial charge in [-0.3, -0.25) is 0 Å². The van der Waals surface area contributed by atoms with Gasteiger partial charge in [-0.2, -0.15) is 0 Å². The molecule has 0 aliphatic rings. The minimum Gasteiger partial charge on any atom is -0.412 e. The molecule has 0 aliphatic heterocycles. The third-order valence-electron chi connectivity index (χ3n) is 0. The van der Waals surface area contributed by atoms with Gasteiger partial charge in [0.1, 0.15) is 0 Å². The summed E-state index contributed by atoms with van der Waals surface area (Å²) in [6.07, 6.45) is 0. The van der Waals surface area contributed by atoms with Crippen LogP contribution in [0.1, 0.15) is 0 Å². The molecule has 9 nitrogen and oxygen atoms in total. The van der Waals surface area contributed by atoms with Gasteiger partial charge in [0.15, 0.2) is 0 Å². The summed E-state index contributed by atoms with van der Waals surface area (Å²) in [5.74, 6) is 0. The molecule has 14 N–H and O–H groups in total. The Bertz CT molecular complexity index is 60.2. The van der Waals surface area contributed by atoms with Crippen molar-refractivity contribution in [2.24, 2.45) is 0 Å². The molecular formula is H14NNaO8P. The van der Waals surface area contributed by atoms with Gasteiger partial charge in [-0.05, 0) is 0 Å². The second-order valence-corrected chi connectivity index (χ2v) is 1.54. The Morgan fingerprint density at radius 3 is 0.818 bits per heavy atom. The number of hydrogen-bond acceptors (Lipinski definition) is 2. The molecule has 1 radical (unpaired) electrons. The maximum Gasteiger partial charge on any atom is 0.466 e.